The Labute approximate surface area is 91.2 Å². The van der Waals surface area contributed by atoms with Gasteiger partial charge in [0.05, 0.1) is 13.7 Å². The Morgan fingerprint density at radius 1 is 1.33 bits per heavy atom. The third kappa shape index (κ3) is 4.70. The van der Waals surface area contributed by atoms with Crippen molar-refractivity contribution in [2.24, 2.45) is 5.73 Å². The van der Waals surface area contributed by atoms with Gasteiger partial charge < -0.3 is 15.2 Å². The molecule has 1 rings (SSSR count). The quantitative estimate of drug-likeness (QED) is 0.730. The Bertz CT molecular complexity index is 287. The van der Waals surface area contributed by atoms with Gasteiger partial charge in [-0.3, -0.25) is 0 Å². The monoisotopic (exact) mass is 209 g/mol. The normalized spacial score (nSPS) is 12.2. The first kappa shape index (κ1) is 11.9. The van der Waals surface area contributed by atoms with Crippen LogP contribution in [0.15, 0.2) is 24.3 Å². The highest BCUT2D eigenvalue weighted by Gasteiger charge is 1.97. The van der Waals surface area contributed by atoms with Crippen LogP contribution in [0, 0.1) is 0 Å². The maximum absolute atomic E-state index is 5.64. The van der Waals surface area contributed by atoms with Crippen LogP contribution >= 0.6 is 0 Å². The Kier molecular flexibility index (Phi) is 4.98. The van der Waals surface area contributed by atoms with Crippen molar-refractivity contribution >= 4 is 0 Å². The summed E-state index contributed by atoms with van der Waals surface area (Å²) in [7, 11) is 1.65. The second-order valence-corrected chi connectivity index (χ2v) is 3.65. The lowest BCUT2D eigenvalue weighted by molar-refractivity contribution is 0.300. The van der Waals surface area contributed by atoms with E-state index < -0.39 is 0 Å². The molecule has 0 spiro atoms. The van der Waals surface area contributed by atoms with Gasteiger partial charge in [-0.05, 0) is 31.9 Å². The van der Waals surface area contributed by atoms with Gasteiger partial charge in [-0.25, -0.2) is 0 Å². The predicted molar refractivity (Wildman–Crippen MR) is 61.4 cm³/mol. The van der Waals surface area contributed by atoms with E-state index in [0.717, 1.165) is 24.3 Å². The van der Waals surface area contributed by atoms with E-state index in [-0.39, 0.29) is 6.04 Å². The average Bonchev–Trinajstić information content (AvgIpc) is 2.24. The molecule has 1 atom stereocenters. The maximum Gasteiger partial charge on any atom is 0.122 e. The van der Waals surface area contributed by atoms with Gasteiger partial charge in [-0.2, -0.15) is 0 Å². The molecule has 3 nitrogen and oxygen atoms in total. The third-order valence-corrected chi connectivity index (χ3v) is 2.11. The van der Waals surface area contributed by atoms with Crippen LogP contribution in [0.4, 0.5) is 0 Å². The molecule has 0 heterocycles. The topological polar surface area (TPSA) is 44.5 Å². The van der Waals surface area contributed by atoms with Gasteiger partial charge in [0, 0.05) is 12.1 Å². The second kappa shape index (κ2) is 6.30. The van der Waals surface area contributed by atoms with Crippen LogP contribution in [0.5, 0.6) is 11.5 Å². The summed E-state index contributed by atoms with van der Waals surface area (Å²) in [4.78, 5) is 0. The molecule has 0 bridgehead atoms. The summed E-state index contributed by atoms with van der Waals surface area (Å²) in [5.74, 6) is 1.67. The fraction of sp³-hybridized carbons (Fsp3) is 0.500. The summed E-state index contributed by atoms with van der Waals surface area (Å²) in [5, 5.41) is 0. The zero-order valence-corrected chi connectivity index (χ0v) is 9.40. The molecule has 15 heavy (non-hydrogen) atoms. The molecule has 1 aromatic rings. The maximum atomic E-state index is 5.64. The van der Waals surface area contributed by atoms with Crippen molar-refractivity contribution in [3.8, 4) is 11.5 Å². The van der Waals surface area contributed by atoms with E-state index in [1.54, 1.807) is 7.11 Å². The average molecular weight is 209 g/mol. The number of hydrogen-bond acceptors (Lipinski definition) is 3. The van der Waals surface area contributed by atoms with Crippen molar-refractivity contribution in [1.29, 1.82) is 0 Å². The van der Waals surface area contributed by atoms with E-state index in [2.05, 4.69) is 0 Å². The van der Waals surface area contributed by atoms with Crippen LogP contribution in [0.2, 0.25) is 0 Å². The predicted octanol–water partition coefficient (Wildman–Crippen LogP) is 2.20. The molecule has 0 radical (unpaired) electrons. The highest BCUT2D eigenvalue weighted by molar-refractivity contribution is 5.32. The van der Waals surface area contributed by atoms with Crippen molar-refractivity contribution in [1.82, 2.24) is 0 Å². The Morgan fingerprint density at radius 3 is 2.73 bits per heavy atom. The summed E-state index contributed by atoms with van der Waals surface area (Å²) in [5.41, 5.74) is 5.64. The molecular formula is C12H19NO2. The first-order valence-corrected chi connectivity index (χ1v) is 5.25. The van der Waals surface area contributed by atoms with Gasteiger partial charge in [-0.1, -0.05) is 6.07 Å². The minimum absolute atomic E-state index is 0.249. The molecule has 0 aliphatic heterocycles. The fourth-order valence-corrected chi connectivity index (χ4v) is 1.29. The van der Waals surface area contributed by atoms with Crippen LogP contribution in [0.3, 0.4) is 0 Å². The SMILES string of the molecule is COc1cccc(OCCCC(C)N)c1. The molecular weight excluding hydrogens is 190 g/mol. The Balaban J connectivity index is 2.30. The fourth-order valence-electron chi connectivity index (χ4n) is 1.29. The summed E-state index contributed by atoms with van der Waals surface area (Å²) >= 11 is 0. The van der Waals surface area contributed by atoms with Gasteiger partial charge in [0.1, 0.15) is 11.5 Å². The molecule has 84 valence electrons. The molecule has 3 heteroatoms. The first-order valence-electron chi connectivity index (χ1n) is 5.25. The molecule has 1 unspecified atom stereocenters. The van der Waals surface area contributed by atoms with Gasteiger partial charge >= 0.3 is 0 Å². The van der Waals surface area contributed by atoms with Crippen LogP contribution < -0.4 is 15.2 Å². The minimum Gasteiger partial charge on any atom is -0.497 e. The summed E-state index contributed by atoms with van der Waals surface area (Å²) in [6, 6.07) is 7.87. The standard InChI is InChI=1S/C12H19NO2/c1-10(13)5-4-8-15-12-7-3-6-11(9-12)14-2/h3,6-7,9-10H,4-5,8,13H2,1-2H3. The van der Waals surface area contributed by atoms with Gasteiger partial charge in [0.25, 0.3) is 0 Å². The smallest absolute Gasteiger partial charge is 0.122 e. The zero-order valence-electron chi connectivity index (χ0n) is 9.40. The van der Waals surface area contributed by atoms with Gasteiger partial charge in [0.15, 0.2) is 0 Å². The molecule has 0 fully saturated rings. The van der Waals surface area contributed by atoms with E-state index in [9.17, 15) is 0 Å². The van der Waals surface area contributed by atoms with E-state index in [0.29, 0.717) is 6.61 Å². The van der Waals surface area contributed by atoms with Crippen LogP contribution in [-0.4, -0.2) is 19.8 Å². The van der Waals surface area contributed by atoms with Crippen LogP contribution in [0.25, 0.3) is 0 Å². The number of methoxy groups -OCH3 is 1. The van der Waals surface area contributed by atoms with Crippen molar-refractivity contribution in [3.63, 3.8) is 0 Å². The largest absolute Gasteiger partial charge is 0.497 e. The lowest BCUT2D eigenvalue weighted by atomic mass is 10.2. The first-order chi connectivity index (χ1) is 7.22. The van der Waals surface area contributed by atoms with Gasteiger partial charge in [0.2, 0.25) is 0 Å². The lowest BCUT2D eigenvalue weighted by Crippen LogP contribution is -2.15. The molecule has 0 saturated heterocycles. The second-order valence-electron chi connectivity index (χ2n) is 3.65. The number of nitrogens with two attached hydrogens (primary N) is 1. The van der Waals surface area contributed by atoms with Crippen molar-refractivity contribution in [2.45, 2.75) is 25.8 Å². The lowest BCUT2D eigenvalue weighted by Gasteiger charge is -2.08. The molecule has 1 aromatic carbocycles. The third-order valence-electron chi connectivity index (χ3n) is 2.11. The molecule has 2 N–H and O–H groups in total. The van der Waals surface area contributed by atoms with E-state index >= 15 is 0 Å². The van der Waals surface area contributed by atoms with Crippen molar-refractivity contribution < 1.29 is 9.47 Å². The molecule has 0 aromatic heterocycles. The number of benzene rings is 1. The summed E-state index contributed by atoms with van der Waals surface area (Å²) < 4.78 is 10.7. The summed E-state index contributed by atoms with van der Waals surface area (Å²) in [6.07, 6.45) is 1.97. The van der Waals surface area contributed by atoms with Crippen LogP contribution in [-0.2, 0) is 0 Å². The number of hydrogen-bond donors (Lipinski definition) is 1. The molecule has 0 saturated carbocycles. The highest BCUT2D eigenvalue weighted by atomic mass is 16.5. The van der Waals surface area contributed by atoms with E-state index in [1.165, 1.54) is 0 Å². The molecule has 0 amide bonds. The van der Waals surface area contributed by atoms with Gasteiger partial charge in [-0.15, -0.1) is 0 Å². The van der Waals surface area contributed by atoms with E-state index in [4.69, 9.17) is 15.2 Å². The Hall–Kier alpha value is -1.22. The Morgan fingerprint density at radius 2 is 2.07 bits per heavy atom. The van der Waals surface area contributed by atoms with E-state index in [1.807, 2.05) is 31.2 Å². The van der Waals surface area contributed by atoms with Crippen molar-refractivity contribution in [3.05, 3.63) is 24.3 Å². The number of rotatable bonds is 6. The van der Waals surface area contributed by atoms with Crippen molar-refractivity contribution in [2.75, 3.05) is 13.7 Å². The molecule has 0 aliphatic carbocycles. The highest BCUT2D eigenvalue weighted by Crippen LogP contribution is 2.18. The molecule has 0 aliphatic rings. The summed E-state index contributed by atoms with van der Waals surface area (Å²) in [6.45, 7) is 2.71. The van der Waals surface area contributed by atoms with Crippen LogP contribution in [0.1, 0.15) is 19.8 Å². The number of ether oxygens (including phenoxy) is 2. The minimum atomic E-state index is 0.249. The zero-order chi connectivity index (χ0) is 11.1.